The maximum atomic E-state index is 12.9. The molecule has 88 valence electrons. The zero-order chi connectivity index (χ0) is 12.3. The van der Waals surface area contributed by atoms with E-state index in [-0.39, 0.29) is 5.82 Å². The van der Waals surface area contributed by atoms with Gasteiger partial charge >= 0.3 is 0 Å². The minimum Gasteiger partial charge on any atom is -0.380 e. The Balaban J connectivity index is 2.04. The van der Waals surface area contributed by atoms with Crippen LogP contribution >= 0.6 is 31.9 Å². The number of hydrogen-bond acceptors (Lipinski definition) is 1. The van der Waals surface area contributed by atoms with Gasteiger partial charge in [-0.25, -0.2) is 4.39 Å². The summed E-state index contributed by atoms with van der Waals surface area (Å²) >= 11 is 6.71. The van der Waals surface area contributed by atoms with Crippen LogP contribution in [0.1, 0.15) is 5.56 Å². The van der Waals surface area contributed by atoms with Crippen molar-refractivity contribution in [2.75, 3.05) is 5.32 Å². The highest BCUT2D eigenvalue weighted by Gasteiger charge is 2.01. The van der Waals surface area contributed by atoms with Gasteiger partial charge in [-0.15, -0.1) is 0 Å². The molecule has 0 aliphatic heterocycles. The molecule has 2 aromatic carbocycles. The second-order valence-corrected chi connectivity index (χ2v) is 5.37. The molecule has 0 aromatic heterocycles. The molecular weight excluding hydrogens is 349 g/mol. The Morgan fingerprint density at radius 3 is 2.35 bits per heavy atom. The molecule has 0 amide bonds. The van der Waals surface area contributed by atoms with Crippen molar-refractivity contribution in [2.24, 2.45) is 0 Å². The monoisotopic (exact) mass is 357 g/mol. The van der Waals surface area contributed by atoms with Gasteiger partial charge in [-0.05, 0) is 51.8 Å². The molecule has 1 N–H and O–H groups in total. The molecule has 0 unspecified atom stereocenters. The average Bonchev–Trinajstić information content (AvgIpc) is 2.30. The topological polar surface area (TPSA) is 12.0 Å². The molecule has 0 saturated carbocycles. The van der Waals surface area contributed by atoms with Crippen LogP contribution in [-0.2, 0) is 6.54 Å². The average molecular weight is 359 g/mol. The Hall–Kier alpha value is -0.870. The molecule has 2 rings (SSSR count). The highest BCUT2D eigenvalue weighted by molar-refractivity contribution is 9.10. The highest BCUT2D eigenvalue weighted by Crippen LogP contribution is 2.23. The van der Waals surface area contributed by atoms with E-state index in [0.717, 1.165) is 14.6 Å². The van der Waals surface area contributed by atoms with E-state index in [1.807, 2.05) is 24.3 Å². The molecule has 0 aliphatic rings. The quantitative estimate of drug-likeness (QED) is 0.817. The Bertz CT molecular complexity index is 511. The summed E-state index contributed by atoms with van der Waals surface area (Å²) in [6.45, 7) is 0.706. The minimum atomic E-state index is -0.244. The van der Waals surface area contributed by atoms with Crippen molar-refractivity contribution in [3.63, 3.8) is 0 Å². The molecule has 0 aliphatic carbocycles. The van der Waals surface area contributed by atoms with E-state index in [0.29, 0.717) is 6.54 Å². The SMILES string of the molecule is Fc1ccc(NCc2ccc(Br)cc2)c(Br)c1. The normalized spacial score (nSPS) is 10.3. The summed E-state index contributed by atoms with van der Waals surface area (Å²) in [5.41, 5.74) is 2.05. The van der Waals surface area contributed by atoms with Gasteiger partial charge in [0.2, 0.25) is 0 Å². The summed E-state index contributed by atoms with van der Waals surface area (Å²) in [5.74, 6) is -0.244. The van der Waals surface area contributed by atoms with Gasteiger partial charge in [-0.3, -0.25) is 0 Å². The van der Waals surface area contributed by atoms with Crippen molar-refractivity contribution < 1.29 is 4.39 Å². The lowest BCUT2D eigenvalue weighted by Gasteiger charge is -2.08. The fraction of sp³-hybridized carbons (Fsp3) is 0.0769. The summed E-state index contributed by atoms with van der Waals surface area (Å²) in [5, 5.41) is 3.25. The first kappa shape index (κ1) is 12.6. The standard InChI is InChI=1S/C13H10Br2FN/c14-10-3-1-9(2-4-10)8-17-13-6-5-11(16)7-12(13)15/h1-7,17H,8H2. The second kappa shape index (κ2) is 5.65. The van der Waals surface area contributed by atoms with Gasteiger partial charge in [-0.1, -0.05) is 28.1 Å². The molecule has 0 atom stereocenters. The molecule has 0 heterocycles. The number of hydrogen-bond donors (Lipinski definition) is 1. The first-order valence-corrected chi connectivity index (χ1v) is 6.67. The third-order valence-electron chi connectivity index (χ3n) is 2.33. The summed E-state index contributed by atoms with van der Waals surface area (Å²) in [7, 11) is 0. The Morgan fingerprint density at radius 1 is 1.00 bits per heavy atom. The molecule has 17 heavy (non-hydrogen) atoms. The van der Waals surface area contributed by atoms with Crippen molar-refractivity contribution >= 4 is 37.5 Å². The zero-order valence-electron chi connectivity index (χ0n) is 8.88. The van der Waals surface area contributed by atoms with Crippen LogP contribution in [0.5, 0.6) is 0 Å². The van der Waals surface area contributed by atoms with Crippen LogP contribution in [0.2, 0.25) is 0 Å². The predicted octanol–water partition coefficient (Wildman–Crippen LogP) is 4.96. The molecular formula is C13H10Br2FN. The molecule has 0 fully saturated rings. The first-order chi connectivity index (χ1) is 8.15. The van der Waals surface area contributed by atoms with Crippen LogP contribution in [0.15, 0.2) is 51.4 Å². The van der Waals surface area contributed by atoms with Crippen LogP contribution in [-0.4, -0.2) is 0 Å². The third-order valence-corrected chi connectivity index (χ3v) is 3.51. The van der Waals surface area contributed by atoms with Crippen LogP contribution in [0.3, 0.4) is 0 Å². The van der Waals surface area contributed by atoms with E-state index >= 15 is 0 Å². The van der Waals surface area contributed by atoms with Crippen molar-refractivity contribution in [3.8, 4) is 0 Å². The van der Waals surface area contributed by atoms with E-state index in [1.54, 1.807) is 6.07 Å². The minimum absolute atomic E-state index is 0.244. The smallest absolute Gasteiger partial charge is 0.124 e. The van der Waals surface area contributed by atoms with Crippen molar-refractivity contribution in [3.05, 3.63) is 62.8 Å². The number of benzene rings is 2. The van der Waals surface area contributed by atoms with E-state index in [1.165, 1.54) is 17.7 Å². The van der Waals surface area contributed by atoms with Crippen LogP contribution in [0.25, 0.3) is 0 Å². The predicted molar refractivity (Wildman–Crippen MR) is 75.6 cm³/mol. The maximum absolute atomic E-state index is 12.9. The molecule has 1 nitrogen and oxygen atoms in total. The maximum Gasteiger partial charge on any atom is 0.124 e. The van der Waals surface area contributed by atoms with Gasteiger partial charge in [0, 0.05) is 21.2 Å². The largest absolute Gasteiger partial charge is 0.380 e. The number of rotatable bonds is 3. The van der Waals surface area contributed by atoms with Crippen LogP contribution < -0.4 is 5.32 Å². The zero-order valence-corrected chi connectivity index (χ0v) is 12.1. The van der Waals surface area contributed by atoms with E-state index in [9.17, 15) is 4.39 Å². The number of halogens is 3. The van der Waals surface area contributed by atoms with Crippen molar-refractivity contribution in [2.45, 2.75) is 6.54 Å². The molecule has 0 radical (unpaired) electrons. The highest BCUT2D eigenvalue weighted by atomic mass is 79.9. The molecule has 0 saturated heterocycles. The molecule has 2 aromatic rings. The van der Waals surface area contributed by atoms with Crippen molar-refractivity contribution in [1.82, 2.24) is 0 Å². The Kier molecular flexibility index (Phi) is 4.18. The van der Waals surface area contributed by atoms with E-state index < -0.39 is 0 Å². The Labute approximate surface area is 116 Å². The van der Waals surface area contributed by atoms with Gasteiger partial charge in [0.1, 0.15) is 5.82 Å². The summed E-state index contributed by atoms with van der Waals surface area (Å²) in [6, 6.07) is 12.7. The summed E-state index contributed by atoms with van der Waals surface area (Å²) in [6.07, 6.45) is 0. The Morgan fingerprint density at radius 2 is 1.71 bits per heavy atom. The van der Waals surface area contributed by atoms with Gasteiger partial charge in [0.15, 0.2) is 0 Å². The van der Waals surface area contributed by atoms with Crippen molar-refractivity contribution in [1.29, 1.82) is 0 Å². The second-order valence-electron chi connectivity index (χ2n) is 3.60. The lowest BCUT2D eigenvalue weighted by molar-refractivity contribution is 0.627. The lowest BCUT2D eigenvalue weighted by Crippen LogP contribution is -1.99. The van der Waals surface area contributed by atoms with E-state index in [2.05, 4.69) is 37.2 Å². The van der Waals surface area contributed by atoms with E-state index in [4.69, 9.17) is 0 Å². The summed E-state index contributed by atoms with van der Waals surface area (Å²) < 4.78 is 14.7. The third kappa shape index (κ3) is 3.54. The van der Waals surface area contributed by atoms with Crippen LogP contribution in [0, 0.1) is 5.82 Å². The molecule has 0 spiro atoms. The molecule has 4 heteroatoms. The lowest BCUT2D eigenvalue weighted by atomic mass is 10.2. The van der Waals surface area contributed by atoms with Crippen LogP contribution in [0.4, 0.5) is 10.1 Å². The van der Waals surface area contributed by atoms with Gasteiger partial charge in [0.25, 0.3) is 0 Å². The van der Waals surface area contributed by atoms with Gasteiger partial charge in [0.05, 0.1) is 0 Å². The number of nitrogens with one attached hydrogen (secondary N) is 1. The summed E-state index contributed by atoms with van der Waals surface area (Å²) in [4.78, 5) is 0. The number of anilines is 1. The fourth-order valence-corrected chi connectivity index (χ4v) is 2.19. The van der Waals surface area contributed by atoms with Gasteiger partial charge < -0.3 is 5.32 Å². The molecule has 0 bridgehead atoms. The first-order valence-electron chi connectivity index (χ1n) is 5.08. The van der Waals surface area contributed by atoms with Gasteiger partial charge in [-0.2, -0.15) is 0 Å². The fourth-order valence-electron chi connectivity index (χ4n) is 1.43.